The summed E-state index contributed by atoms with van der Waals surface area (Å²) in [5, 5.41) is 13.1. The Morgan fingerprint density at radius 1 is 1.41 bits per heavy atom. The lowest BCUT2D eigenvalue weighted by Crippen LogP contribution is -2.27. The van der Waals surface area contributed by atoms with Crippen molar-refractivity contribution in [1.29, 1.82) is 0 Å². The molecule has 1 rings (SSSR count). The Bertz CT molecular complexity index is 445. The molecule has 0 spiro atoms. The molecular formula is C11H15NO4S. The smallest absolute Gasteiger partial charge is 0.412 e. The summed E-state index contributed by atoms with van der Waals surface area (Å²) in [7, 11) is 0. The van der Waals surface area contributed by atoms with E-state index in [4.69, 9.17) is 9.84 Å². The molecule has 0 aliphatic rings. The average molecular weight is 257 g/mol. The predicted octanol–water partition coefficient (Wildman–Crippen LogP) is 3.10. The fraction of sp³-hybridized carbons (Fsp3) is 0.455. The first-order valence-corrected chi connectivity index (χ1v) is 5.90. The van der Waals surface area contributed by atoms with Crippen molar-refractivity contribution in [3.63, 3.8) is 0 Å². The van der Waals surface area contributed by atoms with Crippen LogP contribution in [0.4, 0.5) is 10.5 Å². The van der Waals surface area contributed by atoms with Gasteiger partial charge in [0.05, 0.1) is 5.69 Å². The van der Waals surface area contributed by atoms with Gasteiger partial charge in [-0.05, 0) is 38.6 Å². The molecule has 0 radical (unpaired) electrons. The first kappa shape index (κ1) is 13.5. The van der Waals surface area contributed by atoms with Gasteiger partial charge in [0.15, 0.2) is 0 Å². The molecular weight excluding hydrogens is 242 g/mol. The Morgan fingerprint density at radius 3 is 2.47 bits per heavy atom. The number of hydrogen-bond acceptors (Lipinski definition) is 4. The Labute approximate surface area is 103 Å². The molecule has 1 aromatic heterocycles. The van der Waals surface area contributed by atoms with E-state index in [1.54, 1.807) is 33.1 Å². The van der Waals surface area contributed by atoms with Gasteiger partial charge in [-0.25, -0.2) is 9.59 Å². The second kappa shape index (κ2) is 4.75. The molecule has 1 amide bonds. The maximum absolute atomic E-state index is 11.5. The number of aromatic carboxylic acids is 1. The molecule has 0 saturated carbocycles. The van der Waals surface area contributed by atoms with Crippen LogP contribution in [0.2, 0.25) is 0 Å². The topological polar surface area (TPSA) is 75.6 Å². The number of nitrogens with one attached hydrogen (secondary N) is 1. The van der Waals surface area contributed by atoms with Crippen molar-refractivity contribution in [2.24, 2.45) is 0 Å². The standard InChI is InChI=1S/C11H15NO4S/c1-6-5-17-8(9(13)14)7(6)12-10(15)16-11(2,3)4/h5H,1-4H3,(H,12,15)(H,13,14). The maximum atomic E-state index is 11.5. The van der Waals surface area contributed by atoms with Gasteiger partial charge in [-0.2, -0.15) is 0 Å². The molecule has 1 heterocycles. The fourth-order valence-corrected chi connectivity index (χ4v) is 2.01. The van der Waals surface area contributed by atoms with Gasteiger partial charge in [-0.3, -0.25) is 5.32 Å². The lowest BCUT2D eigenvalue weighted by molar-refractivity contribution is 0.0636. The normalized spacial score (nSPS) is 11.1. The van der Waals surface area contributed by atoms with E-state index in [9.17, 15) is 9.59 Å². The number of thiophene rings is 1. The Hall–Kier alpha value is -1.56. The molecule has 0 saturated heterocycles. The average Bonchev–Trinajstić information content (AvgIpc) is 2.44. The zero-order valence-corrected chi connectivity index (χ0v) is 11.0. The van der Waals surface area contributed by atoms with E-state index in [1.165, 1.54) is 0 Å². The summed E-state index contributed by atoms with van der Waals surface area (Å²) in [5.74, 6) is -1.06. The second-order valence-electron chi connectivity index (χ2n) is 4.55. The molecule has 5 nitrogen and oxygen atoms in total. The number of carboxylic acid groups (broad SMARTS) is 1. The van der Waals surface area contributed by atoms with Crippen molar-refractivity contribution in [2.45, 2.75) is 33.3 Å². The third kappa shape index (κ3) is 3.74. The van der Waals surface area contributed by atoms with E-state index in [0.717, 1.165) is 11.3 Å². The summed E-state index contributed by atoms with van der Waals surface area (Å²) in [5.41, 5.74) is 0.396. The number of hydrogen-bond donors (Lipinski definition) is 2. The first-order chi connectivity index (χ1) is 7.70. The van der Waals surface area contributed by atoms with E-state index in [-0.39, 0.29) is 4.88 Å². The van der Waals surface area contributed by atoms with Gasteiger partial charge >= 0.3 is 12.1 Å². The number of carbonyl (C=O) groups is 2. The van der Waals surface area contributed by atoms with Gasteiger partial charge in [0.25, 0.3) is 0 Å². The highest BCUT2D eigenvalue weighted by molar-refractivity contribution is 7.12. The number of rotatable bonds is 2. The Balaban J connectivity index is 2.85. The SMILES string of the molecule is Cc1csc(C(=O)O)c1NC(=O)OC(C)(C)C. The zero-order chi connectivity index (χ0) is 13.2. The van der Waals surface area contributed by atoms with Gasteiger partial charge in [0.2, 0.25) is 0 Å². The summed E-state index contributed by atoms with van der Waals surface area (Å²) < 4.78 is 5.06. The Morgan fingerprint density at radius 2 is 2.00 bits per heavy atom. The lowest BCUT2D eigenvalue weighted by Gasteiger charge is -2.19. The van der Waals surface area contributed by atoms with Crippen LogP contribution >= 0.6 is 11.3 Å². The minimum Gasteiger partial charge on any atom is -0.477 e. The van der Waals surface area contributed by atoms with Crippen molar-refractivity contribution in [3.05, 3.63) is 15.8 Å². The van der Waals surface area contributed by atoms with Crippen LogP contribution in [0.3, 0.4) is 0 Å². The molecule has 0 aliphatic carbocycles. The van der Waals surface area contributed by atoms with Crippen LogP contribution < -0.4 is 5.32 Å². The van der Waals surface area contributed by atoms with Crippen LogP contribution in [0.5, 0.6) is 0 Å². The molecule has 0 atom stereocenters. The molecule has 6 heteroatoms. The lowest BCUT2D eigenvalue weighted by atomic mass is 10.2. The summed E-state index contributed by atoms with van der Waals surface area (Å²) >= 11 is 1.07. The molecule has 0 aromatic carbocycles. The van der Waals surface area contributed by atoms with Crippen molar-refractivity contribution in [3.8, 4) is 0 Å². The summed E-state index contributed by atoms with van der Waals surface area (Å²) in [6, 6.07) is 0. The highest BCUT2D eigenvalue weighted by Crippen LogP contribution is 2.28. The number of ether oxygens (including phenoxy) is 1. The van der Waals surface area contributed by atoms with Gasteiger partial charge in [0.1, 0.15) is 10.5 Å². The summed E-state index contributed by atoms with van der Waals surface area (Å²) in [4.78, 5) is 22.6. The third-order valence-electron chi connectivity index (χ3n) is 1.80. The highest BCUT2D eigenvalue weighted by Gasteiger charge is 2.21. The first-order valence-electron chi connectivity index (χ1n) is 5.02. The number of carboxylic acids is 1. The molecule has 1 aromatic rings. The largest absolute Gasteiger partial charge is 0.477 e. The van der Waals surface area contributed by atoms with E-state index >= 15 is 0 Å². The van der Waals surface area contributed by atoms with Crippen molar-refractivity contribution < 1.29 is 19.4 Å². The molecule has 0 unspecified atom stereocenters. The van der Waals surface area contributed by atoms with Gasteiger partial charge in [0, 0.05) is 0 Å². The summed E-state index contributed by atoms with van der Waals surface area (Å²) in [6.07, 6.45) is -0.651. The molecule has 17 heavy (non-hydrogen) atoms. The summed E-state index contributed by atoms with van der Waals surface area (Å²) in [6.45, 7) is 6.96. The van der Waals surface area contributed by atoms with Crippen LogP contribution in [0.1, 0.15) is 36.0 Å². The van der Waals surface area contributed by atoms with E-state index in [2.05, 4.69) is 5.32 Å². The maximum Gasteiger partial charge on any atom is 0.412 e. The quantitative estimate of drug-likeness (QED) is 0.853. The third-order valence-corrected chi connectivity index (χ3v) is 2.88. The molecule has 94 valence electrons. The number of carbonyl (C=O) groups excluding carboxylic acids is 1. The van der Waals surface area contributed by atoms with Crippen LogP contribution in [0.25, 0.3) is 0 Å². The number of anilines is 1. The van der Waals surface area contributed by atoms with Crippen molar-refractivity contribution in [2.75, 3.05) is 5.32 Å². The highest BCUT2D eigenvalue weighted by atomic mass is 32.1. The van der Waals surface area contributed by atoms with Gasteiger partial charge in [-0.1, -0.05) is 0 Å². The molecule has 0 aliphatic heterocycles. The van der Waals surface area contributed by atoms with Gasteiger partial charge < -0.3 is 9.84 Å². The van der Waals surface area contributed by atoms with Crippen LogP contribution in [-0.2, 0) is 4.74 Å². The number of amides is 1. The number of aryl methyl sites for hydroxylation is 1. The van der Waals surface area contributed by atoms with Gasteiger partial charge in [-0.15, -0.1) is 11.3 Å². The van der Waals surface area contributed by atoms with Crippen LogP contribution in [0.15, 0.2) is 5.38 Å². The molecule has 0 fully saturated rings. The Kier molecular flexibility index (Phi) is 3.77. The second-order valence-corrected chi connectivity index (χ2v) is 5.43. The minimum absolute atomic E-state index is 0.105. The zero-order valence-electron chi connectivity index (χ0n) is 10.2. The molecule has 2 N–H and O–H groups in total. The fourth-order valence-electron chi connectivity index (χ4n) is 1.16. The van der Waals surface area contributed by atoms with Crippen LogP contribution in [-0.4, -0.2) is 22.8 Å². The predicted molar refractivity (Wildman–Crippen MR) is 65.9 cm³/mol. The van der Waals surface area contributed by atoms with Crippen LogP contribution in [0, 0.1) is 6.92 Å². The van der Waals surface area contributed by atoms with E-state index in [0.29, 0.717) is 11.3 Å². The van der Waals surface area contributed by atoms with Crippen molar-refractivity contribution >= 4 is 29.1 Å². The van der Waals surface area contributed by atoms with E-state index in [1.807, 2.05) is 0 Å². The monoisotopic (exact) mass is 257 g/mol. The van der Waals surface area contributed by atoms with E-state index < -0.39 is 17.7 Å². The minimum atomic E-state index is -1.06. The molecule has 0 bridgehead atoms. The van der Waals surface area contributed by atoms with Crippen molar-refractivity contribution in [1.82, 2.24) is 0 Å².